The third-order valence-electron chi connectivity index (χ3n) is 7.65. The Bertz CT molecular complexity index is 1370. The van der Waals surface area contributed by atoms with Crippen molar-refractivity contribution in [2.24, 2.45) is 0 Å². The van der Waals surface area contributed by atoms with Crippen LogP contribution in [0.5, 0.6) is 0 Å². The Kier molecular flexibility index (Phi) is 6.19. The number of carbonyl (C=O) groups excluding carboxylic acids is 1. The number of nitrogens with one attached hydrogen (secondary N) is 1. The summed E-state index contributed by atoms with van der Waals surface area (Å²) in [5, 5.41) is 6.89. The van der Waals surface area contributed by atoms with Gasteiger partial charge < -0.3 is 9.47 Å². The Morgan fingerprint density at radius 2 is 1.86 bits per heavy atom. The molecule has 0 unspecified atom stereocenters. The number of halogens is 2. The Morgan fingerprint density at radius 1 is 1.05 bits per heavy atom. The van der Waals surface area contributed by atoms with Gasteiger partial charge in [-0.2, -0.15) is 5.10 Å². The quantitative estimate of drug-likeness (QED) is 0.441. The molecule has 8 nitrogen and oxygen atoms in total. The minimum atomic E-state index is -1.82. The number of imidazole rings is 1. The van der Waals surface area contributed by atoms with Crippen LogP contribution in [0.4, 0.5) is 8.78 Å². The summed E-state index contributed by atoms with van der Waals surface area (Å²) in [6.45, 7) is 2.67. The second kappa shape index (κ2) is 9.66. The van der Waals surface area contributed by atoms with Crippen molar-refractivity contribution < 1.29 is 13.6 Å². The zero-order valence-corrected chi connectivity index (χ0v) is 20.5. The van der Waals surface area contributed by atoms with E-state index in [0.29, 0.717) is 62.6 Å². The molecule has 0 atom stereocenters. The van der Waals surface area contributed by atoms with Crippen molar-refractivity contribution in [2.45, 2.75) is 43.9 Å². The highest BCUT2D eigenvalue weighted by Crippen LogP contribution is 2.35. The van der Waals surface area contributed by atoms with Crippen molar-refractivity contribution in [3.05, 3.63) is 66.4 Å². The van der Waals surface area contributed by atoms with Gasteiger partial charge in [-0.15, -0.1) is 0 Å². The largest absolute Gasteiger partial charge is 0.340 e. The second-order valence-corrected chi connectivity index (χ2v) is 10.0. The van der Waals surface area contributed by atoms with E-state index >= 15 is 4.39 Å². The van der Waals surface area contributed by atoms with Gasteiger partial charge in [0.05, 0.1) is 11.0 Å². The van der Waals surface area contributed by atoms with Crippen LogP contribution >= 0.6 is 0 Å². The van der Waals surface area contributed by atoms with E-state index in [2.05, 4.69) is 24.6 Å². The maximum absolute atomic E-state index is 15.8. The molecule has 3 aromatic heterocycles. The van der Waals surface area contributed by atoms with Gasteiger partial charge in [-0.05, 0) is 43.2 Å². The normalized spacial score (nSPS) is 18.9. The van der Waals surface area contributed by atoms with Gasteiger partial charge in [-0.1, -0.05) is 6.07 Å². The molecule has 10 heteroatoms. The van der Waals surface area contributed by atoms with Crippen molar-refractivity contribution in [1.82, 2.24) is 34.5 Å². The minimum absolute atomic E-state index is 0.0448. The molecule has 0 aliphatic carbocycles. The predicted octanol–water partition coefficient (Wildman–Crippen LogP) is 4.13. The number of alkyl halides is 1. The van der Waals surface area contributed by atoms with E-state index in [9.17, 15) is 9.18 Å². The van der Waals surface area contributed by atoms with Crippen molar-refractivity contribution >= 4 is 16.9 Å². The number of H-pyrrole nitrogens is 1. The highest BCUT2D eigenvalue weighted by atomic mass is 19.1. The van der Waals surface area contributed by atoms with E-state index in [1.807, 2.05) is 24.3 Å². The molecule has 1 N–H and O–H groups in total. The molecule has 0 spiro atoms. The van der Waals surface area contributed by atoms with E-state index in [1.54, 1.807) is 23.4 Å². The van der Waals surface area contributed by atoms with Gasteiger partial charge in [0.2, 0.25) is 0 Å². The molecule has 0 saturated carbocycles. The van der Waals surface area contributed by atoms with E-state index in [0.717, 1.165) is 11.2 Å². The first-order valence-corrected chi connectivity index (χ1v) is 12.8. The van der Waals surface area contributed by atoms with Gasteiger partial charge in [-0.25, -0.2) is 13.8 Å². The zero-order chi connectivity index (χ0) is 25.4. The molecule has 5 heterocycles. The number of amides is 1. The molecule has 0 bridgehead atoms. The highest BCUT2D eigenvalue weighted by Gasteiger charge is 2.45. The lowest BCUT2D eigenvalue weighted by molar-refractivity contribution is -0.148. The number of carbonyl (C=O) groups is 1. The number of hydrogen-bond acceptors (Lipinski definition) is 5. The smallest absolute Gasteiger partial charge is 0.260 e. The van der Waals surface area contributed by atoms with Gasteiger partial charge in [-0.3, -0.25) is 19.8 Å². The summed E-state index contributed by atoms with van der Waals surface area (Å²) < 4.78 is 31.9. The van der Waals surface area contributed by atoms with E-state index in [1.165, 1.54) is 12.1 Å². The van der Waals surface area contributed by atoms with Crippen LogP contribution in [0.1, 0.15) is 37.4 Å². The molecule has 2 fully saturated rings. The Balaban J connectivity index is 1.15. The number of likely N-dealkylation sites (tertiary alicyclic amines) is 2. The number of benzene rings is 1. The number of aromatic nitrogens is 5. The monoisotopic (exact) mass is 505 g/mol. The van der Waals surface area contributed by atoms with Crippen LogP contribution in [0.3, 0.4) is 0 Å². The lowest BCUT2D eigenvalue weighted by Gasteiger charge is -2.40. The molecular formula is C27H29F2N7O. The summed E-state index contributed by atoms with van der Waals surface area (Å²) >= 11 is 0. The van der Waals surface area contributed by atoms with Crippen molar-refractivity contribution in [2.75, 3.05) is 26.2 Å². The Morgan fingerprint density at radius 3 is 2.57 bits per heavy atom. The number of aromatic amines is 1. The van der Waals surface area contributed by atoms with E-state index in [-0.39, 0.29) is 24.7 Å². The summed E-state index contributed by atoms with van der Waals surface area (Å²) in [6.07, 6.45) is 5.13. The van der Waals surface area contributed by atoms with Crippen LogP contribution in [0.2, 0.25) is 0 Å². The van der Waals surface area contributed by atoms with Crippen molar-refractivity contribution in [3.63, 3.8) is 0 Å². The molecule has 4 aromatic rings. The molecule has 1 aromatic carbocycles. The maximum atomic E-state index is 15.8. The van der Waals surface area contributed by atoms with Crippen molar-refractivity contribution in [1.29, 1.82) is 0 Å². The molecule has 1 amide bonds. The molecule has 2 saturated heterocycles. The lowest BCUT2D eigenvalue weighted by atomic mass is 9.90. The standard InChI is InChI=1S/C27H29F2N7O/c28-19-4-5-24-23(17-19)32-25(22-3-1-2-11-30-22)36(24)21-7-13-35(14-8-21)26(37)27(29)9-15-34(16-10-27)18-20-6-12-31-33-20/h1-6,11-12,17,21H,7-10,13-16,18H2,(H,31,33). The van der Waals surface area contributed by atoms with E-state index in [4.69, 9.17) is 4.98 Å². The first kappa shape index (κ1) is 23.7. The summed E-state index contributed by atoms with van der Waals surface area (Å²) in [5.74, 6) is -0.0544. The van der Waals surface area contributed by atoms with Crippen LogP contribution in [-0.2, 0) is 11.3 Å². The summed E-state index contributed by atoms with van der Waals surface area (Å²) in [4.78, 5) is 26.3. The SMILES string of the molecule is O=C(N1CCC(n2c(-c3ccccn3)nc3cc(F)ccc32)CC1)C1(F)CCN(Cc2ccn[nH]2)CC1. The van der Waals surface area contributed by atoms with Gasteiger partial charge >= 0.3 is 0 Å². The number of pyridine rings is 1. The number of hydrogen-bond donors (Lipinski definition) is 1. The van der Waals surface area contributed by atoms with Crippen LogP contribution < -0.4 is 0 Å². The number of piperidine rings is 2. The van der Waals surface area contributed by atoms with Crippen LogP contribution in [0.25, 0.3) is 22.6 Å². The summed E-state index contributed by atoms with van der Waals surface area (Å²) in [5.41, 5.74) is 1.28. The van der Waals surface area contributed by atoms with Gasteiger partial charge in [0.1, 0.15) is 11.5 Å². The summed E-state index contributed by atoms with van der Waals surface area (Å²) in [7, 11) is 0. The number of rotatable bonds is 5. The maximum Gasteiger partial charge on any atom is 0.260 e. The van der Waals surface area contributed by atoms with Crippen molar-refractivity contribution in [3.8, 4) is 11.5 Å². The fourth-order valence-corrected chi connectivity index (χ4v) is 5.62. The molecule has 6 rings (SSSR count). The minimum Gasteiger partial charge on any atom is -0.340 e. The van der Waals surface area contributed by atoms with Crippen LogP contribution in [0, 0.1) is 5.82 Å². The Hall–Kier alpha value is -3.66. The number of nitrogens with zero attached hydrogens (tertiary/aromatic N) is 6. The average molecular weight is 506 g/mol. The average Bonchev–Trinajstić information content (AvgIpc) is 3.58. The third-order valence-corrected chi connectivity index (χ3v) is 7.65. The molecule has 192 valence electrons. The fraction of sp³-hybridized carbons (Fsp3) is 0.407. The molecular weight excluding hydrogens is 476 g/mol. The Labute approximate surface area is 213 Å². The van der Waals surface area contributed by atoms with Gasteiger partial charge in [0, 0.05) is 75.8 Å². The zero-order valence-electron chi connectivity index (χ0n) is 20.5. The van der Waals surface area contributed by atoms with Crippen LogP contribution in [-0.4, -0.2) is 72.3 Å². The highest BCUT2D eigenvalue weighted by molar-refractivity contribution is 5.85. The topological polar surface area (TPSA) is 82.9 Å². The van der Waals surface area contributed by atoms with Crippen LogP contribution in [0.15, 0.2) is 54.9 Å². The van der Waals surface area contributed by atoms with E-state index < -0.39 is 11.6 Å². The first-order valence-electron chi connectivity index (χ1n) is 12.8. The fourth-order valence-electron chi connectivity index (χ4n) is 5.62. The van der Waals surface area contributed by atoms with Gasteiger partial charge in [0.25, 0.3) is 5.91 Å². The summed E-state index contributed by atoms with van der Waals surface area (Å²) in [6, 6.07) is 12.2. The first-order chi connectivity index (χ1) is 18.0. The predicted molar refractivity (Wildman–Crippen MR) is 135 cm³/mol. The molecule has 2 aliphatic rings. The molecule has 2 aliphatic heterocycles. The lowest BCUT2D eigenvalue weighted by Crippen LogP contribution is -2.53. The molecule has 0 radical (unpaired) electrons. The second-order valence-electron chi connectivity index (χ2n) is 10.0. The third kappa shape index (κ3) is 4.61. The molecule has 37 heavy (non-hydrogen) atoms. The number of fused-ring (bicyclic) bond motifs is 1. The van der Waals surface area contributed by atoms with Gasteiger partial charge in [0.15, 0.2) is 11.5 Å².